The second-order valence-corrected chi connectivity index (χ2v) is 4.17. The van der Waals surface area contributed by atoms with Crippen LogP contribution < -0.4 is 0 Å². The van der Waals surface area contributed by atoms with Crippen molar-refractivity contribution in [2.24, 2.45) is 0 Å². The van der Waals surface area contributed by atoms with Gasteiger partial charge in [-0.3, -0.25) is 4.79 Å². The fraction of sp³-hybridized carbons (Fsp3) is 0.182. The Bertz CT molecular complexity index is 426. The Balaban J connectivity index is 2.31. The molecule has 0 N–H and O–H groups in total. The molecule has 0 saturated heterocycles. The minimum atomic E-state index is -0.184. The third-order valence-electron chi connectivity index (χ3n) is 2.02. The second kappa shape index (κ2) is 3.80. The summed E-state index contributed by atoms with van der Waals surface area (Å²) in [6.45, 7) is 0. The molecule has 0 amide bonds. The van der Waals surface area contributed by atoms with E-state index < -0.39 is 0 Å². The van der Waals surface area contributed by atoms with Crippen LogP contribution >= 0.6 is 11.3 Å². The van der Waals surface area contributed by atoms with Gasteiger partial charge in [-0.25, -0.2) is 0 Å². The molecule has 2 rings (SSSR count). The van der Waals surface area contributed by atoms with Crippen molar-refractivity contribution in [1.82, 2.24) is 0 Å². The third kappa shape index (κ3) is 1.77. The maximum Gasteiger partial charge on any atom is 0.310 e. The zero-order chi connectivity index (χ0) is 9.97. The number of ether oxygens (including phenoxy) is 1. The molecule has 1 aromatic heterocycles. The Morgan fingerprint density at radius 2 is 2.21 bits per heavy atom. The molecule has 3 heteroatoms. The van der Waals surface area contributed by atoms with Gasteiger partial charge in [-0.05, 0) is 17.5 Å². The van der Waals surface area contributed by atoms with E-state index in [1.54, 1.807) is 11.3 Å². The van der Waals surface area contributed by atoms with Gasteiger partial charge in [-0.15, -0.1) is 11.3 Å². The van der Waals surface area contributed by atoms with Gasteiger partial charge in [0.1, 0.15) is 0 Å². The molecule has 72 valence electrons. The zero-order valence-corrected chi connectivity index (χ0v) is 8.64. The first-order valence-electron chi connectivity index (χ1n) is 4.34. The summed E-state index contributed by atoms with van der Waals surface area (Å²) in [4.78, 5) is 12.1. The molecule has 0 aliphatic rings. The molecule has 0 aliphatic carbocycles. The van der Waals surface area contributed by atoms with Crippen LogP contribution in [0.2, 0.25) is 0 Å². The van der Waals surface area contributed by atoms with E-state index in [1.807, 2.05) is 24.3 Å². The lowest BCUT2D eigenvalue weighted by Gasteiger charge is -1.93. The monoisotopic (exact) mass is 206 g/mol. The van der Waals surface area contributed by atoms with E-state index in [4.69, 9.17) is 0 Å². The summed E-state index contributed by atoms with van der Waals surface area (Å²) in [6.07, 6.45) is 0.371. The predicted octanol–water partition coefficient (Wildman–Crippen LogP) is 2.62. The number of carbonyl (C=O) groups is 1. The van der Waals surface area contributed by atoms with E-state index in [-0.39, 0.29) is 5.97 Å². The highest BCUT2D eigenvalue weighted by Crippen LogP contribution is 2.25. The maximum absolute atomic E-state index is 11.0. The molecular weight excluding hydrogens is 196 g/mol. The van der Waals surface area contributed by atoms with E-state index in [2.05, 4.69) is 10.8 Å². The number of hydrogen-bond acceptors (Lipinski definition) is 3. The molecule has 2 nitrogen and oxygen atoms in total. The van der Waals surface area contributed by atoms with E-state index in [0.717, 1.165) is 4.88 Å². The SMILES string of the molecule is COC(=O)Cc1cc2ccccc2s1. The van der Waals surface area contributed by atoms with Gasteiger partial charge in [0.15, 0.2) is 0 Å². The van der Waals surface area contributed by atoms with Crippen molar-refractivity contribution in [1.29, 1.82) is 0 Å². The topological polar surface area (TPSA) is 26.3 Å². The molecule has 0 bridgehead atoms. The smallest absolute Gasteiger partial charge is 0.310 e. The first-order chi connectivity index (χ1) is 6.79. The van der Waals surface area contributed by atoms with E-state index in [9.17, 15) is 4.79 Å². The highest BCUT2D eigenvalue weighted by molar-refractivity contribution is 7.19. The summed E-state index contributed by atoms with van der Waals surface area (Å²) in [6, 6.07) is 10.1. The normalized spacial score (nSPS) is 10.4. The quantitative estimate of drug-likeness (QED) is 0.706. The van der Waals surface area contributed by atoms with Gasteiger partial charge in [-0.1, -0.05) is 18.2 Å². The largest absolute Gasteiger partial charge is 0.469 e. The molecule has 2 aromatic rings. The summed E-state index contributed by atoms with van der Waals surface area (Å²) in [5.41, 5.74) is 0. The number of hydrogen-bond donors (Lipinski definition) is 0. The highest BCUT2D eigenvalue weighted by Gasteiger charge is 2.06. The van der Waals surface area contributed by atoms with Crippen LogP contribution in [0.1, 0.15) is 4.88 Å². The number of methoxy groups -OCH3 is 1. The van der Waals surface area contributed by atoms with E-state index >= 15 is 0 Å². The first-order valence-corrected chi connectivity index (χ1v) is 5.15. The van der Waals surface area contributed by atoms with Crippen molar-refractivity contribution >= 4 is 27.4 Å². The minimum absolute atomic E-state index is 0.184. The van der Waals surface area contributed by atoms with Gasteiger partial charge in [0, 0.05) is 9.58 Å². The van der Waals surface area contributed by atoms with Crippen LogP contribution in [0.25, 0.3) is 10.1 Å². The summed E-state index contributed by atoms with van der Waals surface area (Å²) < 4.78 is 5.83. The highest BCUT2D eigenvalue weighted by atomic mass is 32.1. The van der Waals surface area contributed by atoms with Gasteiger partial charge >= 0.3 is 5.97 Å². The zero-order valence-electron chi connectivity index (χ0n) is 7.82. The van der Waals surface area contributed by atoms with Gasteiger partial charge in [0.05, 0.1) is 13.5 Å². The molecular formula is C11H10O2S. The lowest BCUT2D eigenvalue weighted by molar-refractivity contribution is -0.139. The van der Waals surface area contributed by atoms with E-state index in [1.165, 1.54) is 17.2 Å². The van der Waals surface area contributed by atoms with Gasteiger partial charge < -0.3 is 4.74 Å². The molecule has 1 aromatic carbocycles. The van der Waals surface area contributed by atoms with Crippen molar-refractivity contribution in [2.75, 3.05) is 7.11 Å². The van der Waals surface area contributed by atoms with Gasteiger partial charge in [-0.2, -0.15) is 0 Å². The van der Waals surface area contributed by atoms with Crippen LogP contribution in [0.3, 0.4) is 0 Å². The Morgan fingerprint density at radius 3 is 2.93 bits per heavy atom. The van der Waals surface area contributed by atoms with Crippen LogP contribution in [0.5, 0.6) is 0 Å². The van der Waals surface area contributed by atoms with Crippen molar-refractivity contribution in [3.05, 3.63) is 35.2 Å². The van der Waals surface area contributed by atoms with E-state index in [0.29, 0.717) is 6.42 Å². The molecule has 0 atom stereocenters. The molecule has 0 aliphatic heterocycles. The van der Waals surface area contributed by atoms with Crippen LogP contribution in [0.4, 0.5) is 0 Å². The van der Waals surface area contributed by atoms with Crippen molar-refractivity contribution < 1.29 is 9.53 Å². The number of benzene rings is 1. The molecule has 0 unspecified atom stereocenters. The Labute approximate surface area is 86.1 Å². The maximum atomic E-state index is 11.0. The summed E-state index contributed by atoms with van der Waals surface area (Å²) >= 11 is 1.64. The third-order valence-corrected chi connectivity index (χ3v) is 3.14. The number of thiophene rings is 1. The lowest BCUT2D eigenvalue weighted by Crippen LogP contribution is -2.02. The summed E-state index contributed by atoms with van der Waals surface area (Å²) in [5, 5.41) is 1.19. The van der Waals surface area contributed by atoms with Crippen LogP contribution in [-0.2, 0) is 16.0 Å². The number of carbonyl (C=O) groups excluding carboxylic acids is 1. The number of rotatable bonds is 2. The summed E-state index contributed by atoms with van der Waals surface area (Å²) in [5.74, 6) is -0.184. The second-order valence-electron chi connectivity index (χ2n) is 3.00. The van der Waals surface area contributed by atoms with Crippen molar-refractivity contribution in [3.8, 4) is 0 Å². The van der Waals surface area contributed by atoms with Crippen LogP contribution in [-0.4, -0.2) is 13.1 Å². The Morgan fingerprint density at radius 1 is 1.43 bits per heavy atom. The number of fused-ring (bicyclic) bond motifs is 1. The number of esters is 1. The Hall–Kier alpha value is -1.35. The first kappa shape index (κ1) is 9.21. The lowest BCUT2D eigenvalue weighted by atomic mass is 10.2. The average Bonchev–Trinajstić information content (AvgIpc) is 2.59. The predicted molar refractivity (Wildman–Crippen MR) is 57.5 cm³/mol. The fourth-order valence-electron chi connectivity index (χ4n) is 1.34. The van der Waals surface area contributed by atoms with Gasteiger partial charge in [0.25, 0.3) is 0 Å². The molecule has 1 heterocycles. The standard InChI is InChI=1S/C11H10O2S/c1-13-11(12)7-9-6-8-4-2-3-5-10(8)14-9/h2-6H,7H2,1H3. The van der Waals surface area contributed by atoms with Crippen molar-refractivity contribution in [3.63, 3.8) is 0 Å². The summed E-state index contributed by atoms with van der Waals surface area (Å²) in [7, 11) is 1.41. The molecule has 0 saturated carbocycles. The molecule has 0 fully saturated rings. The molecule has 0 spiro atoms. The van der Waals surface area contributed by atoms with Gasteiger partial charge in [0.2, 0.25) is 0 Å². The molecule has 0 radical (unpaired) electrons. The average molecular weight is 206 g/mol. The van der Waals surface area contributed by atoms with Crippen LogP contribution in [0.15, 0.2) is 30.3 Å². The van der Waals surface area contributed by atoms with Crippen LogP contribution in [0, 0.1) is 0 Å². The Kier molecular flexibility index (Phi) is 2.50. The minimum Gasteiger partial charge on any atom is -0.469 e. The molecule has 14 heavy (non-hydrogen) atoms. The van der Waals surface area contributed by atoms with Crippen molar-refractivity contribution in [2.45, 2.75) is 6.42 Å². The fourth-order valence-corrected chi connectivity index (χ4v) is 2.39.